The van der Waals surface area contributed by atoms with Gasteiger partial charge in [0.15, 0.2) is 0 Å². The van der Waals surface area contributed by atoms with Gasteiger partial charge in [-0.2, -0.15) is 5.10 Å². The summed E-state index contributed by atoms with van der Waals surface area (Å²) < 4.78 is 18.5. The first-order chi connectivity index (χ1) is 11.6. The topological polar surface area (TPSA) is 80.7 Å². The lowest BCUT2D eigenvalue weighted by molar-refractivity contribution is -0.384. The summed E-state index contributed by atoms with van der Waals surface area (Å²) in [6, 6.07) is 15.4. The molecule has 0 aliphatic carbocycles. The highest BCUT2D eigenvalue weighted by Crippen LogP contribution is 2.22. The van der Waals surface area contributed by atoms with Gasteiger partial charge in [-0.25, -0.2) is 4.39 Å². The zero-order valence-electron chi connectivity index (χ0n) is 12.3. The number of hydrogen-bond acceptors (Lipinski definition) is 5. The average Bonchev–Trinajstić information content (AvgIpc) is 3.05. The summed E-state index contributed by atoms with van der Waals surface area (Å²) in [5.41, 5.74) is 4.14. The molecule has 0 fully saturated rings. The quantitative estimate of drug-likeness (QED) is 0.427. The molecular weight excluding hydrogens is 313 g/mol. The van der Waals surface area contributed by atoms with Gasteiger partial charge >= 0.3 is 0 Å². The van der Waals surface area contributed by atoms with Crippen LogP contribution in [0.15, 0.2) is 70.2 Å². The maximum absolute atomic E-state index is 12.9. The van der Waals surface area contributed by atoms with Crippen molar-refractivity contribution in [3.63, 3.8) is 0 Å². The van der Waals surface area contributed by atoms with E-state index in [4.69, 9.17) is 4.42 Å². The van der Waals surface area contributed by atoms with Gasteiger partial charge < -0.3 is 4.42 Å². The first-order valence-corrected chi connectivity index (χ1v) is 7.01. The third-order valence-corrected chi connectivity index (χ3v) is 3.22. The van der Waals surface area contributed by atoms with Gasteiger partial charge in [0.1, 0.15) is 17.3 Å². The van der Waals surface area contributed by atoms with Crippen LogP contribution in [0.4, 0.5) is 15.8 Å². The molecule has 0 spiro atoms. The van der Waals surface area contributed by atoms with Crippen LogP contribution in [-0.2, 0) is 0 Å². The van der Waals surface area contributed by atoms with Crippen molar-refractivity contribution in [2.24, 2.45) is 5.10 Å². The molecule has 1 aromatic heterocycles. The number of hydrogen-bond donors (Lipinski definition) is 1. The molecule has 0 unspecified atom stereocenters. The van der Waals surface area contributed by atoms with Gasteiger partial charge in [-0.05, 0) is 48.5 Å². The molecule has 0 aliphatic heterocycles. The average molecular weight is 325 g/mol. The number of nitro benzene ring substituents is 1. The fourth-order valence-corrected chi connectivity index (χ4v) is 2.02. The smallest absolute Gasteiger partial charge is 0.269 e. The lowest BCUT2D eigenvalue weighted by Crippen LogP contribution is -1.91. The van der Waals surface area contributed by atoms with Crippen molar-refractivity contribution in [2.75, 3.05) is 5.43 Å². The van der Waals surface area contributed by atoms with Gasteiger partial charge in [0.2, 0.25) is 0 Å². The third kappa shape index (κ3) is 3.64. The molecule has 0 amide bonds. The predicted molar refractivity (Wildman–Crippen MR) is 88.4 cm³/mol. The van der Waals surface area contributed by atoms with Crippen LogP contribution >= 0.6 is 0 Å². The summed E-state index contributed by atoms with van der Waals surface area (Å²) in [7, 11) is 0. The van der Waals surface area contributed by atoms with E-state index in [1.165, 1.54) is 30.5 Å². The Morgan fingerprint density at radius 1 is 1.04 bits per heavy atom. The molecule has 6 nitrogen and oxygen atoms in total. The highest BCUT2D eigenvalue weighted by atomic mass is 19.1. The van der Waals surface area contributed by atoms with Crippen molar-refractivity contribution in [3.8, 4) is 11.3 Å². The predicted octanol–water partition coefficient (Wildman–Crippen LogP) is 4.44. The molecule has 1 heterocycles. The van der Waals surface area contributed by atoms with Crippen LogP contribution in [-0.4, -0.2) is 11.1 Å². The SMILES string of the molecule is O=[N+]([O-])c1ccc(N/N=C/c2ccc(-c3ccc(F)cc3)o2)cc1. The second kappa shape index (κ2) is 6.74. The van der Waals surface area contributed by atoms with Gasteiger partial charge in [-0.3, -0.25) is 15.5 Å². The van der Waals surface area contributed by atoms with Gasteiger partial charge in [0.25, 0.3) is 5.69 Å². The van der Waals surface area contributed by atoms with E-state index < -0.39 is 4.92 Å². The molecular formula is C17H12FN3O3. The maximum Gasteiger partial charge on any atom is 0.269 e. The minimum atomic E-state index is -0.465. The van der Waals surface area contributed by atoms with Crippen molar-refractivity contribution < 1.29 is 13.7 Å². The number of halogens is 1. The Labute approximate surface area is 136 Å². The minimum absolute atomic E-state index is 0.0134. The van der Waals surface area contributed by atoms with Crippen LogP contribution in [0.25, 0.3) is 11.3 Å². The van der Waals surface area contributed by atoms with E-state index in [1.807, 2.05) is 0 Å². The normalized spacial score (nSPS) is 10.9. The summed E-state index contributed by atoms with van der Waals surface area (Å²) >= 11 is 0. The molecule has 0 saturated heterocycles. The molecule has 3 aromatic rings. The lowest BCUT2D eigenvalue weighted by Gasteiger charge is -1.98. The Hall–Kier alpha value is -3.48. The van der Waals surface area contributed by atoms with Crippen molar-refractivity contribution in [2.45, 2.75) is 0 Å². The second-order valence-corrected chi connectivity index (χ2v) is 4.88. The van der Waals surface area contributed by atoms with E-state index in [-0.39, 0.29) is 11.5 Å². The summed E-state index contributed by atoms with van der Waals surface area (Å²) in [5.74, 6) is 0.815. The first kappa shape index (κ1) is 15.4. The molecule has 0 aliphatic rings. The largest absolute Gasteiger partial charge is 0.455 e. The van der Waals surface area contributed by atoms with Crippen molar-refractivity contribution in [1.82, 2.24) is 0 Å². The Balaban J connectivity index is 1.65. The van der Waals surface area contributed by atoms with Crippen LogP contribution in [0.5, 0.6) is 0 Å². The number of nitrogens with zero attached hydrogens (tertiary/aromatic N) is 2. The Bertz CT molecular complexity index is 871. The molecule has 0 radical (unpaired) electrons. The van der Waals surface area contributed by atoms with E-state index in [9.17, 15) is 14.5 Å². The molecule has 24 heavy (non-hydrogen) atoms. The summed E-state index contributed by atoms with van der Waals surface area (Å²) in [5, 5.41) is 14.6. The van der Waals surface area contributed by atoms with Gasteiger partial charge in [0, 0.05) is 17.7 Å². The lowest BCUT2D eigenvalue weighted by atomic mass is 10.2. The minimum Gasteiger partial charge on any atom is -0.455 e. The summed E-state index contributed by atoms with van der Waals surface area (Å²) in [6.07, 6.45) is 1.48. The summed E-state index contributed by atoms with van der Waals surface area (Å²) in [6.45, 7) is 0. The first-order valence-electron chi connectivity index (χ1n) is 7.01. The van der Waals surface area contributed by atoms with Crippen LogP contribution in [0.1, 0.15) is 5.76 Å². The highest BCUT2D eigenvalue weighted by molar-refractivity contribution is 5.78. The zero-order valence-corrected chi connectivity index (χ0v) is 12.3. The van der Waals surface area contributed by atoms with Gasteiger partial charge in [-0.15, -0.1) is 0 Å². The van der Waals surface area contributed by atoms with Crippen LogP contribution < -0.4 is 5.43 Å². The molecule has 0 atom stereocenters. The fraction of sp³-hybridized carbons (Fsp3) is 0. The highest BCUT2D eigenvalue weighted by Gasteiger charge is 2.04. The Morgan fingerprint density at radius 3 is 2.42 bits per heavy atom. The standard InChI is InChI=1S/C17H12FN3O3/c18-13-3-1-12(2-4-13)17-10-9-16(24-17)11-19-20-14-5-7-15(8-6-14)21(22)23/h1-11,20H/b19-11+. The molecule has 2 aromatic carbocycles. The molecule has 3 rings (SSSR count). The molecule has 0 saturated carbocycles. The maximum atomic E-state index is 12.9. The molecule has 1 N–H and O–H groups in total. The number of nitro groups is 1. The third-order valence-electron chi connectivity index (χ3n) is 3.22. The van der Waals surface area contributed by atoms with Crippen molar-refractivity contribution >= 4 is 17.6 Å². The molecule has 0 bridgehead atoms. The molecule has 7 heteroatoms. The zero-order chi connectivity index (χ0) is 16.9. The number of non-ortho nitro benzene ring substituents is 1. The van der Waals surface area contributed by atoms with Crippen LogP contribution in [0, 0.1) is 15.9 Å². The van der Waals surface area contributed by atoms with E-state index >= 15 is 0 Å². The van der Waals surface area contributed by atoms with E-state index in [0.717, 1.165) is 5.56 Å². The fourth-order valence-electron chi connectivity index (χ4n) is 2.02. The van der Waals surface area contributed by atoms with Crippen LogP contribution in [0.2, 0.25) is 0 Å². The van der Waals surface area contributed by atoms with Crippen molar-refractivity contribution in [3.05, 3.63) is 82.4 Å². The number of hydrazone groups is 1. The van der Waals surface area contributed by atoms with E-state index in [1.54, 1.807) is 36.4 Å². The number of nitrogens with one attached hydrogen (secondary N) is 1. The van der Waals surface area contributed by atoms with Gasteiger partial charge in [-0.1, -0.05) is 0 Å². The second-order valence-electron chi connectivity index (χ2n) is 4.88. The van der Waals surface area contributed by atoms with Crippen molar-refractivity contribution in [1.29, 1.82) is 0 Å². The number of benzene rings is 2. The Morgan fingerprint density at radius 2 is 1.75 bits per heavy atom. The van der Waals surface area contributed by atoms with E-state index in [2.05, 4.69) is 10.5 Å². The van der Waals surface area contributed by atoms with Gasteiger partial charge in [0.05, 0.1) is 16.8 Å². The summed E-state index contributed by atoms with van der Waals surface area (Å²) in [4.78, 5) is 10.1. The monoisotopic (exact) mass is 325 g/mol. The van der Waals surface area contributed by atoms with Crippen LogP contribution in [0.3, 0.4) is 0 Å². The van der Waals surface area contributed by atoms with E-state index in [0.29, 0.717) is 17.2 Å². The molecule has 120 valence electrons. The number of furan rings is 1. The number of rotatable bonds is 5. The number of anilines is 1. The Kier molecular flexibility index (Phi) is 4.33.